The van der Waals surface area contributed by atoms with Gasteiger partial charge in [0.05, 0.1) is 0 Å². The van der Waals surface area contributed by atoms with E-state index in [1.807, 2.05) is 60.7 Å². The Labute approximate surface area is 141 Å². The van der Waals surface area contributed by atoms with Crippen LogP contribution in [0.1, 0.15) is 26.2 Å². The fourth-order valence-corrected chi connectivity index (χ4v) is 2.50. The Kier molecular flexibility index (Phi) is 5.16. The van der Waals surface area contributed by atoms with E-state index in [4.69, 9.17) is 14.2 Å². The van der Waals surface area contributed by atoms with E-state index in [2.05, 4.69) is 0 Å². The molecular weight excluding hydrogens is 304 g/mol. The van der Waals surface area contributed by atoms with Crippen LogP contribution in [0.4, 0.5) is 0 Å². The van der Waals surface area contributed by atoms with Crippen LogP contribution in [0.3, 0.4) is 0 Å². The highest BCUT2D eigenvalue weighted by atomic mass is 16.8. The van der Waals surface area contributed by atoms with Gasteiger partial charge in [-0.25, -0.2) is 0 Å². The Morgan fingerprint density at radius 2 is 1.33 bits per heavy atom. The normalized spacial score (nSPS) is 14.7. The van der Waals surface area contributed by atoms with E-state index in [0.29, 0.717) is 35.7 Å². The number of hydrogen-bond donors (Lipinski definition) is 0. The van der Waals surface area contributed by atoms with Gasteiger partial charge in [-0.1, -0.05) is 36.4 Å². The van der Waals surface area contributed by atoms with Gasteiger partial charge in [-0.2, -0.15) is 0 Å². The number of ether oxygens (including phenoxy) is 3. The third-order valence-electron chi connectivity index (χ3n) is 3.83. The SMILES string of the molecule is CC1=C(OC(Oc2ccccc2)Oc2ccccc2)CCCC1=O. The molecule has 0 heterocycles. The summed E-state index contributed by atoms with van der Waals surface area (Å²) in [6.45, 7) is 0.837. The van der Waals surface area contributed by atoms with E-state index in [1.54, 1.807) is 6.92 Å². The lowest BCUT2D eigenvalue weighted by Gasteiger charge is -2.25. The molecule has 0 saturated heterocycles. The zero-order chi connectivity index (χ0) is 16.8. The van der Waals surface area contributed by atoms with Crippen molar-refractivity contribution in [2.75, 3.05) is 0 Å². The zero-order valence-electron chi connectivity index (χ0n) is 13.6. The Morgan fingerprint density at radius 3 is 1.88 bits per heavy atom. The van der Waals surface area contributed by atoms with E-state index in [0.717, 1.165) is 6.42 Å². The summed E-state index contributed by atoms with van der Waals surface area (Å²) in [6, 6.07) is 18.7. The number of benzene rings is 2. The second-order valence-electron chi connectivity index (χ2n) is 5.59. The Hall–Kier alpha value is -2.75. The van der Waals surface area contributed by atoms with Gasteiger partial charge in [0.15, 0.2) is 5.78 Å². The highest BCUT2D eigenvalue weighted by molar-refractivity contribution is 5.95. The third kappa shape index (κ3) is 4.16. The predicted octanol–water partition coefficient (Wildman–Crippen LogP) is 4.47. The quantitative estimate of drug-likeness (QED) is 0.735. The molecule has 0 aromatic heterocycles. The molecule has 0 saturated carbocycles. The van der Waals surface area contributed by atoms with E-state index in [9.17, 15) is 4.79 Å². The van der Waals surface area contributed by atoms with Crippen LogP contribution in [-0.2, 0) is 9.53 Å². The second kappa shape index (κ2) is 7.68. The molecular formula is C20H20O4. The van der Waals surface area contributed by atoms with Gasteiger partial charge in [0, 0.05) is 18.4 Å². The van der Waals surface area contributed by atoms with Gasteiger partial charge in [-0.05, 0) is 37.6 Å². The number of Topliss-reactive ketones (excluding diaryl/α,β-unsaturated/α-hetero) is 1. The van der Waals surface area contributed by atoms with E-state index in [1.165, 1.54) is 0 Å². The van der Waals surface area contributed by atoms with Crippen LogP contribution in [-0.4, -0.2) is 12.3 Å². The van der Waals surface area contributed by atoms with Crippen LogP contribution in [0, 0.1) is 0 Å². The lowest BCUT2D eigenvalue weighted by molar-refractivity contribution is -0.178. The summed E-state index contributed by atoms with van der Waals surface area (Å²) in [5.74, 6) is 2.04. The highest BCUT2D eigenvalue weighted by Gasteiger charge is 2.23. The van der Waals surface area contributed by atoms with Crippen molar-refractivity contribution in [3.05, 3.63) is 72.0 Å². The lowest BCUT2D eigenvalue weighted by atomic mass is 9.98. The van der Waals surface area contributed by atoms with Gasteiger partial charge in [0.25, 0.3) is 0 Å². The second-order valence-corrected chi connectivity index (χ2v) is 5.59. The molecule has 3 rings (SSSR count). The lowest BCUT2D eigenvalue weighted by Crippen LogP contribution is -2.28. The van der Waals surface area contributed by atoms with Gasteiger partial charge in [-0.3, -0.25) is 4.79 Å². The molecule has 2 aromatic rings. The molecule has 124 valence electrons. The van der Waals surface area contributed by atoms with Crippen molar-refractivity contribution in [3.63, 3.8) is 0 Å². The van der Waals surface area contributed by atoms with Gasteiger partial charge in [0.1, 0.15) is 17.3 Å². The number of allylic oxidation sites excluding steroid dienone is 2. The molecule has 4 heteroatoms. The number of carbonyl (C=O) groups excluding carboxylic acids is 1. The van der Waals surface area contributed by atoms with Gasteiger partial charge in [-0.15, -0.1) is 0 Å². The maximum atomic E-state index is 11.9. The average Bonchev–Trinajstić information content (AvgIpc) is 2.61. The maximum Gasteiger partial charge on any atom is 0.406 e. The first-order valence-corrected chi connectivity index (χ1v) is 8.05. The standard InChI is InChI=1S/C20H20O4/c1-15-18(21)13-8-14-19(15)24-20(22-16-9-4-2-5-10-16)23-17-11-6-3-7-12-17/h2-7,9-12,20H,8,13-14H2,1H3. The summed E-state index contributed by atoms with van der Waals surface area (Å²) < 4.78 is 17.5. The summed E-state index contributed by atoms with van der Waals surface area (Å²) in [4.78, 5) is 11.9. The predicted molar refractivity (Wildman–Crippen MR) is 90.6 cm³/mol. The molecule has 1 aliphatic rings. The van der Waals surface area contributed by atoms with Crippen molar-refractivity contribution in [3.8, 4) is 11.5 Å². The van der Waals surface area contributed by atoms with Crippen LogP contribution in [0.2, 0.25) is 0 Å². The first kappa shape index (κ1) is 16.1. The number of ketones is 1. The summed E-state index contributed by atoms with van der Waals surface area (Å²) >= 11 is 0. The van der Waals surface area contributed by atoms with Crippen molar-refractivity contribution >= 4 is 5.78 Å². The van der Waals surface area contributed by atoms with Gasteiger partial charge < -0.3 is 14.2 Å². The Morgan fingerprint density at radius 1 is 0.792 bits per heavy atom. The Balaban J connectivity index is 1.79. The molecule has 4 nitrogen and oxygen atoms in total. The number of hydrogen-bond acceptors (Lipinski definition) is 4. The fraction of sp³-hybridized carbons (Fsp3) is 0.250. The minimum Gasteiger partial charge on any atom is -0.427 e. The van der Waals surface area contributed by atoms with E-state index in [-0.39, 0.29) is 5.78 Å². The molecule has 0 N–H and O–H groups in total. The van der Waals surface area contributed by atoms with Crippen LogP contribution in [0.15, 0.2) is 72.0 Å². The van der Waals surface area contributed by atoms with E-state index < -0.39 is 6.48 Å². The largest absolute Gasteiger partial charge is 0.427 e. The number of rotatable bonds is 6. The summed E-state index contributed by atoms with van der Waals surface area (Å²) in [7, 11) is 0. The van der Waals surface area contributed by atoms with Gasteiger partial charge in [0.2, 0.25) is 0 Å². The van der Waals surface area contributed by atoms with Crippen molar-refractivity contribution < 1.29 is 19.0 Å². The van der Waals surface area contributed by atoms with Crippen molar-refractivity contribution in [1.29, 1.82) is 0 Å². The summed E-state index contributed by atoms with van der Waals surface area (Å²) in [5.41, 5.74) is 0.652. The van der Waals surface area contributed by atoms with Crippen LogP contribution < -0.4 is 9.47 Å². The van der Waals surface area contributed by atoms with Crippen molar-refractivity contribution in [2.24, 2.45) is 0 Å². The maximum absolute atomic E-state index is 11.9. The van der Waals surface area contributed by atoms with Crippen LogP contribution in [0.5, 0.6) is 11.5 Å². The molecule has 0 bridgehead atoms. The first-order valence-electron chi connectivity index (χ1n) is 8.05. The molecule has 2 aromatic carbocycles. The molecule has 0 fully saturated rings. The summed E-state index contributed by atoms with van der Waals surface area (Å²) in [5, 5.41) is 0. The molecule has 0 amide bonds. The van der Waals surface area contributed by atoms with Crippen LogP contribution >= 0.6 is 0 Å². The number of para-hydroxylation sites is 2. The topological polar surface area (TPSA) is 44.8 Å². The van der Waals surface area contributed by atoms with Gasteiger partial charge >= 0.3 is 6.48 Å². The monoisotopic (exact) mass is 324 g/mol. The average molecular weight is 324 g/mol. The summed E-state index contributed by atoms with van der Waals surface area (Å²) in [6.07, 6.45) is 2.07. The van der Waals surface area contributed by atoms with Crippen molar-refractivity contribution in [2.45, 2.75) is 32.7 Å². The fourth-order valence-electron chi connectivity index (χ4n) is 2.50. The molecule has 0 atom stereocenters. The minimum absolute atomic E-state index is 0.120. The molecule has 24 heavy (non-hydrogen) atoms. The minimum atomic E-state index is -0.953. The molecule has 0 radical (unpaired) electrons. The number of carbonyl (C=O) groups is 1. The molecule has 0 aliphatic heterocycles. The van der Waals surface area contributed by atoms with Crippen molar-refractivity contribution in [1.82, 2.24) is 0 Å². The molecule has 0 unspecified atom stereocenters. The Bertz CT molecular complexity index is 665. The zero-order valence-corrected chi connectivity index (χ0v) is 13.6. The third-order valence-corrected chi connectivity index (χ3v) is 3.83. The van der Waals surface area contributed by atoms with Crippen LogP contribution in [0.25, 0.3) is 0 Å². The first-order chi connectivity index (χ1) is 11.7. The molecule has 0 spiro atoms. The van der Waals surface area contributed by atoms with E-state index >= 15 is 0 Å². The molecule has 1 aliphatic carbocycles. The smallest absolute Gasteiger partial charge is 0.406 e. The highest BCUT2D eigenvalue weighted by Crippen LogP contribution is 2.26.